The summed E-state index contributed by atoms with van der Waals surface area (Å²) in [7, 11) is 1.77. The smallest absolute Gasteiger partial charge is 0.261 e. The van der Waals surface area contributed by atoms with Crippen LogP contribution in [0.2, 0.25) is 0 Å². The number of para-hydroxylation sites is 1. The van der Waals surface area contributed by atoms with Crippen molar-refractivity contribution in [3.8, 4) is 0 Å². The third-order valence-electron chi connectivity index (χ3n) is 6.28. The molecule has 2 aliphatic rings. The minimum absolute atomic E-state index is 0.0895. The van der Waals surface area contributed by atoms with Gasteiger partial charge < -0.3 is 14.5 Å². The molecule has 1 atom stereocenters. The molecule has 2 aromatic rings. The summed E-state index contributed by atoms with van der Waals surface area (Å²) in [6.45, 7) is 5.45. The van der Waals surface area contributed by atoms with Gasteiger partial charge >= 0.3 is 0 Å². The highest BCUT2D eigenvalue weighted by atomic mass is 16.5. The van der Waals surface area contributed by atoms with Crippen molar-refractivity contribution < 1.29 is 14.3 Å². The van der Waals surface area contributed by atoms with Gasteiger partial charge in [0.2, 0.25) is 5.91 Å². The van der Waals surface area contributed by atoms with Crippen molar-refractivity contribution in [2.45, 2.75) is 25.2 Å². The normalized spacial score (nSPS) is 19.9. The van der Waals surface area contributed by atoms with Crippen molar-refractivity contribution >= 4 is 17.5 Å². The van der Waals surface area contributed by atoms with Crippen LogP contribution in [0.1, 0.15) is 41.2 Å². The molecule has 1 aromatic heterocycles. The summed E-state index contributed by atoms with van der Waals surface area (Å²) in [5, 5.41) is 7.22. The van der Waals surface area contributed by atoms with Gasteiger partial charge in [0.1, 0.15) is 0 Å². The largest absolute Gasteiger partial charge is 0.379 e. The number of carbonyl (C=O) groups is 2. The van der Waals surface area contributed by atoms with E-state index in [1.165, 1.54) is 0 Å². The number of piperidine rings is 1. The van der Waals surface area contributed by atoms with Gasteiger partial charge in [-0.15, -0.1) is 0 Å². The number of amides is 2. The zero-order valence-corrected chi connectivity index (χ0v) is 18.1. The number of nitrogens with one attached hydrogen (secondary N) is 1. The summed E-state index contributed by atoms with van der Waals surface area (Å²) < 4.78 is 5.38. The van der Waals surface area contributed by atoms with E-state index in [9.17, 15) is 9.59 Å². The molecule has 8 heteroatoms. The van der Waals surface area contributed by atoms with Crippen LogP contribution in [0.5, 0.6) is 0 Å². The molecule has 3 heterocycles. The average molecular weight is 426 g/mol. The molecule has 0 spiro atoms. The molecule has 1 aromatic carbocycles. The van der Waals surface area contributed by atoms with Crippen LogP contribution < -0.4 is 4.90 Å². The lowest BCUT2D eigenvalue weighted by molar-refractivity contribution is -0.133. The van der Waals surface area contributed by atoms with Crippen LogP contribution in [-0.2, 0) is 9.53 Å². The molecular weight excluding hydrogens is 394 g/mol. The van der Waals surface area contributed by atoms with E-state index in [0.717, 1.165) is 63.6 Å². The van der Waals surface area contributed by atoms with E-state index in [2.05, 4.69) is 15.1 Å². The van der Waals surface area contributed by atoms with Gasteiger partial charge in [0.25, 0.3) is 5.91 Å². The number of anilines is 1. The first-order valence-electron chi connectivity index (χ1n) is 11.1. The van der Waals surface area contributed by atoms with Crippen LogP contribution in [0.15, 0.2) is 36.5 Å². The Kier molecular flexibility index (Phi) is 6.99. The standard InChI is InChI=1S/C23H31N5O3/c1-26(19-7-3-2-4-8-19)23(30)20-16-24-25-22(20)18-6-5-10-28(17-18)21(29)9-11-27-12-14-31-15-13-27/h2-4,7-8,16,18H,5-6,9-15,17H2,1H3,(H,24,25)/t18-/m0/s1. The predicted octanol–water partition coefficient (Wildman–Crippen LogP) is 2.11. The van der Waals surface area contributed by atoms with E-state index in [-0.39, 0.29) is 17.7 Å². The van der Waals surface area contributed by atoms with E-state index in [4.69, 9.17) is 4.74 Å². The Bertz CT molecular complexity index is 878. The molecule has 2 saturated heterocycles. The molecule has 31 heavy (non-hydrogen) atoms. The molecule has 2 amide bonds. The molecule has 0 unspecified atom stereocenters. The van der Waals surface area contributed by atoms with Gasteiger partial charge in [0, 0.05) is 57.8 Å². The van der Waals surface area contributed by atoms with Crippen molar-refractivity contribution in [3.63, 3.8) is 0 Å². The Hall–Kier alpha value is -2.71. The number of rotatable bonds is 6. The molecule has 2 fully saturated rings. The predicted molar refractivity (Wildman–Crippen MR) is 118 cm³/mol. The van der Waals surface area contributed by atoms with Crippen LogP contribution in [0.3, 0.4) is 0 Å². The molecule has 166 valence electrons. The SMILES string of the molecule is CN(C(=O)c1cn[nH]c1[C@H]1CCCN(C(=O)CCN2CCOCC2)C1)c1ccccc1. The van der Waals surface area contributed by atoms with E-state index in [1.54, 1.807) is 18.1 Å². The Morgan fingerprint density at radius 1 is 1.19 bits per heavy atom. The molecule has 0 saturated carbocycles. The van der Waals surface area contributed by atoms with Gasteiger partial charge in [-0.3, -0.25) is 19.6 Å². The molecule has 1 N–H and O–H groups in total. The highest BCUT2D eigenvalue weighted by Crippen LogP contribution is 2.29. The third kappa shape index (κ3) is 5.14. The van der Waals surface area contributed by atoms with Crippen molar-refractivity contribution in [1.82, 2.24) is 20.0 Å². The molecule has 4 rings (SSSR count). The number of nitrogens with zero attached hydrogens (tertiary/aromatic N) is 4. The third-order valence-corrected chi connectivity index (χ3v) is 6.28. The summed E-state index contributed by atoms with van der Waals surface area (Å²) in [6, 6.07) is 9.58. The first-order chi connectivity index (χ1) is 15.1. The van der Waals surface area contributed by atoms with Crippen LogP contribution in [0, 0.1) is 0 Å². The lowest BCUT2D eigenvalue weighted by Gasteiger charge is -2.34. The van der Waals surface area contributed by atoms with Crippen molar-refractivity contribution in [2.24, 2.45) is 0 Å². The Labute approximate surface area is 183 Å². The minimum atomic E-state index is -0.0919. The molecular formula is C23H31N5O3. The van der Waals surface area contributed by atoms with E-state index in [1.807, 2.05) is 35.2 Å². The van der Waals surface area contributed by atoms with Crippen LogP contribution in [0.25, 0.3) is 0 Å². The fourth-order valence-corrected chi connectivity index (χ4v) is 4.40. The second kappa shape index (κ2) is 10.1. The Morgan fingerprint density at radius 2 is 1.97 bits per heavy atom. The second-order valence-electron chi connectivity index (χ2n) is 8.28. The molecule has 0 radical (unpaired) electrons. The maximum absolute atomic E-state index is 13.1. The maximum Gasteiger partial charge on any atom is 0.261 e. The number of H-pyrrole nitrogens is 1. The molecule has 8 nitrogen and oxygen atoms in total. The lowest BCUT2D eigenvalue weighted by Crippen LogP contribution is -2.42. The van der Waals surface area contributed by atoms with E-state index < -0.39 is 0 Å². The number of hydrogen-bond acceptors (Lipinski definition) is 5. The molecule has 2 aliphatic heterocycles. The highest BCUT2D eigenvalue weighted by Gasteiger charge is 2.30. The minimum Gasteiger partial charge on any atom is -0.379 e. The number of carbonyl (C=O) groups excluding carboxylic acids is 2. The fourth-order valence-electron chi connectivity index (χ4n) is 4.40. The second-order valence-corrected chi connectivity index (χ2v) is 8.28. The van der Waals surface area contributed by atoms with Crippen molar-refractivity contribution in [1.29, 1.82) is 0 Å². The first kappa shape index (κ1) is 21.5. The van der Waals surface area contributed by atoms with Crippen molar-refractivity contribution in [3.05, 3.63) is 47.8 Å². The number of likely N-dealkylation sites (tertiary alicyclic amines) is 1. The number of aromatic amines is 1. The quantitative estimate of drug-likeness (QED) is 0.767. The molecule has 0 bridgehead atoms. The number of morpholine rings is 1. The maximum atomic E-state index is 13.1. The van der Waals surface area contributed by atoms with Crippen LogP contribution in [0.4, 0.5) is 5.69 Å². The number of benzene rings is 1. The summed E-state index contributed by atoms with van der Waals surface area (Å²) in [4.78, 5) is 31.8. The summed E-state index contributed by atoms with van der Waals surface area (Å²) in [5.41, 5.74) is 2.25. The van der Waals surface area contributed by atoms with Crippen molar-refractivity contribution in [2.75, 3.05) is 57.9 Å². The van der Waals surface area contributed by atoms with Gasteiger partial charge in [-0.2, -0.15) is 5.10 Å². The topological polar surface area (TPSA) is 81.8 Å². The average Bonchev–Trinajstić information content (AvgIpc) is 3.33. The molecule has 0 aliphatic carbocycles. The van der Waals surface area contributed by atoms with Gasteiger partial charge in [-0.25, -0.2) is 0 Å². The lowest BCUT2D eigenvalue weighted by atomic mass is 9.92. The zero-order chi connectivity index (χ0) is 21.6. The van der Waals surface area contributed by atoms with Crippen LogP contribution in [-0.4, -0.2) is 84.8 Å². The van der Waals surface area contributed by atoms with Gasteiger partial charge in [0.05, 0.1) is 30.7 Å². The number of ether oxygens (including phenoxy) is 1. The Balaban J connectivity index is 1.39. The highest BCUT2D eigenvalue weighted by molar-refractivity contribution is 6.06. The van der Waals surface area contributed by atoms with Gasteiger partial charge in [-0.05, 0) is 25.0 Å². The van der Waals surface area contributed by atoms with Gasteiger partial charge in [-0.1, -0.05) is 18.2 Å². The van der Waals surface area contributed by atoms with Crippen LogP contribution >= 0.6 is 0 Å². The monoisotopic (exact) mass is 425 g/mol. The summed E-state index contributed by atoms with van der Waals surface area (Å²) in [6.07, 6.45) is 3.99. The number of hydrogen-bond donors (Lipinski definition) is 1. The number of aromatic nitrogens is 2. The summed E-state index contributed by atoms with van der Waals surface area (Å²) in [5.74, 6) is 0.183. The fraction of sp³-hybridized carbons (Fsp3) is 0.522. The summed E-state index contributed by atoms with van der Waals surface area (Å²) >= 11 is 0. The van der Waals surface area contributed by atoms with E-state index in [0.29, 0.717) is 18.5 Å². The zero-order valence-electron chi connectivity index (χ0n) is 18.1. The van der Waals surface area contributed by atoms with Gasteiger partial charge in [0.15, 0.2) is 0 Å². The first-order valence-corrected chi connectivity index (χ1v) is 11.1. The Morgan fingerprint density at radius 3 is 2.74 bits per heavy atom. The van der Waals surface area contributed by atoms with E-state index >= 15 is 0 Å².